The predicted molar refractivity (Wildman–Crippen MR) is 65.1 cm³/mol. The minimum absolute atomic E-state index is 0.0476. The van der Waals surface area contributed by atoms with Crippen molar-refractivity contribution in [1.29, 1.82) is 0 Å². The van der Waals surface area contributed by atoms with Crippen LogP contribution in [0.4, 0.5) is 5.69 Å². The Morgan fingerprint density at radius 2 is 2.05 bits per heavy atom. The van der Waals surface area contributed by atoms with Gasteiger partial charge in [-0.05, 0) is 12.1 Å². The molecule has 1 saturated heterocycles. The molecule has 1 aromatic carbocycles. The Labute approximate surface area is 112 Å². The Morgan fingerprint density at radius 3 is 2.58 bits per heavy atom. The number of carbonyl (C=O) groups is 2. The summed E-state index contributed by atoms with van der Waals surface area (Å²) in [5, 5.41) is 19.4. The number of amides is 1. The van der Waals surface area contributed by atoms with Gasteiger partial charge in [0.1, 0.15) is 5.02 Å². The van der Waals surface area contributed by atoms with Crippen LogP contribution in [0.5, 0.6) is 0 Å². The van der Waals surface area contributed by atoms with Crippen molar-refractivity contribution in [1.82, 2.24) is 4.90 Å². The molecule has 19 heavy (non-hydrogen) atoms. The topological polar surface area (TPSA) is 101 Å². The number of carboxylic acid groups (broad SMARTS) is 1. The maximum absolute atomic E-state index is 11.9. The Bertz CT molecular complexity index is 568. The molecule has 0 saturated carbocycles. The van der Waals surface area contributed by atoms with Gasteiger partial charge in [-0.3, -0.25) is 19.7 Å². The fourth-order valence-electron chi connectivity index (χ4n) is 1.77. The van der Waals surface area contributed by atoms with Gasteiger partial charge in [-0.15, -0.1) is 0 Å². The average molecular weight is 285 g/mol. The smallest absolute Gasteiger partial charge is 0.310 e. The molecular weight excluding hydrogens is 276 g/mol. The minimum Gasteiger partial charge on any atom is -0.481 e. The van der Waals surface area contributed by atoms with Gasteiger partial charge in [-0.1, -0.05) is 11.6 Å². The fourth-order valence-corrected chi connectivity index (χ4v) is 1.96. The summed E-state index contributed by atoms with van der Waals surface area (Å²) in [5.41, 5.74) is -0.220. The third-order valence-electron chi connectivity index (χ3n) is 2.91. The van der Waals surface area contributed by atoms with E-state index in [4.69, 9.17) is 16.7 Å². The van der Waals surface area contributed by atoms with E-state index in [9.17, 15) is 19.7 Å². The van der Waals surface area contributed by atoms with Crippen LogP contribution in [0, 0.1) is 16.0 Å². The van der Waals surface area contributed by atoms with E-state index < -0.39 is 22.7 Å². The second-order valence-electron chi connectivity index (χ2n) is 4.17. The molecule has 100 valence electrons. The molecule has 1 aromatic rings. The van der Waals surface area contributed by atoms with E-state index in [0.29, 0.717) is 0 Å². The largest absolute Gasteiger partial charge is 0.481 e. The first-order valence-electron chi connectivity index (χ1n) is 5.36. The third-order valence-corrected chi connectivity index (χ3v) is 3.23. The standard InChI is InChI=1S/C11H9ClN2O5/c12-8-2-1-6(3-9(8)14(18)19)10(15)13-4-7(5-13)11(16)17/h1-3,7H,4-5H2,(H,16,17). The van der Waals surface area contributed by atoms with Crippen molar-refractivity contribution < 1.29 is 19.6 Å². The van der Waals surface area contributed by atoms with E-state index in [0.717, 1.165) is 6.07 Å². The summed E-state index contributed by atoms with van der Waals surface area (Å²) in [4.78, 5) is 33.9. The molecule has 0 bridgehead atoms. The number of benzene rings is 1. The molecule has 0 spiro atoms. The molecule has 1 amide bonds. The lowest BCUT2D eigenvalue weighted by Crippen LogP contribution is -2.53. The Balaban J connectivity index is 2.15. The normalized spacial score (nSPS) is 14.9. The number of likely N-dealkylation sites (tertiary alicyclic amines) is 1. The van der Waals surface area contributed by atoms with Crippen LogP contribution in [0.15, 0.2) is 18.2 Å². The van der Waals surface area contributed by atoms with Crippen LogP contribution in [0.25, 0.3) is 0 Å². The molecule has 1 heterocycles. The minimum atomic E-state index is -0.953. The van der Waals surface area contributed by atoms with Crippen LogP contribution in [-0.2, 0) is 4.79 Å². The van der Waals surface area contributed by atoms with Crippen molar-refractivity contribution >= 4 is 29.2 Å². The molecule has 1 aliphatic heterocycles. The lowest BCUT2D eigenvalue weighted by molar-refractivity contribution is -0.384. The van der Waals surface area contributed by atoms with Crippen molar-refractivity contribution in [3.05, 3.63) is 38.9 Å². The molecule has 0 atom stereocenters. The molecule has 1 fully saturated rings. The Hall–Kier alpha value is -2.15. The van der Waals surface area contributed by atoms with Gasteiger partial charge in [0.15, 0.2) is 0 Å². The van der Waals surface area contributed by atoms with Crippen LogP contribution >= 0.6 is 11.6 Å². The molecule has 1 aliphatic rings. The summed E-state index contributed by atoms with van der Waals surface area (Å²) >= 11 is 5.64. The van der Waals surface area contributed by atoms with Gasteiger partial charge in [-0.25, -0.2) is 0 Å². The van der Waals surface area contributed by atoms with E-state index >= 15 is 0 Å². The van der Waals surface area contributed by atoms with Gasteiger partial charge in [0.2, 0.25) is 0 Å². The van der Waals surface area contributed by atoms with Crippen LogP contribution < -0.4 is 0 Å². The van der Waals surface area contributed by atoms with Crippen molar-refractivity contribution in [2.24, 2.45) is 5.92 Å². The average Bonchev–Trinajstić information content (AvgIpc) is 2.26. The molecule has 0 radical (unpaired) electrons. The lowest BCUT2D eigenvalue weighted by atomic mass is 9.99. The number of carboxylic acids is 1. The Morgan fingerprint density at radius 1 is 1.42 bits per heavy atom. The summed E-state index contributed by atoms with van der Waals surface area (Å²) in [7, 11) is 0. The van der Waals surface area contributed by atoms with Gasteiger partial charge in [0.25, 0.3) is 11.6 Å². The Kier molecular flexibility index (Phi) is 3.39. The SMILES string of the molecule is O=C(O)C1CN(C(=O)c2ccc(Cl)c([N+](=O)[O-])c2)C1. The number of aliphatic carboxylic acids is 1. The summed E-state index contributed by atoms with van der Waals surface area (Å²) in [6.07, 6.45) is 0. The molecule has 0 aromatic heterocycles. The highest BCUT2D eigenvalue weighted by atomic mass is 35.5. The number of nitrogens with zero attached hydrogens (tertiary/aromatic N) is 2. The van der Waals surface area contributed by atoms with Crippen molar-refractivity contribution in [3.63, 3.8) is 0 Å². The number of halogens is 1. The third kappa shape index (κ3) is 2.50. The number of hydrogen-bond acceptors (Lipinski definition) is 4. The number of nitro benzene ring substituents is 1. The number of nitro groups is 1. The zero-order valence-electron chi connectivity index (χ0n) is 9.58. The van der Waals surface area contributed by atoms with E-state index in [1.807, 2.05) is 0 Å². The van der Waals surface area contributed by atoms with E-state index in [1.54, 1.807) is 0 Å². The number of carbonyl (C=O) groups excluding carboxylic acids is 1. The predicted octanol–water partition coefficient (Wildman–Crippen LogP) is 1.40. The summed E-state index contributed by atoms with van der Waals surface area (Å²) in [6.45, 7) is 0.231. The molecule has 8 heteroatoms. The molecule has 1 N–H and O–H groups in total. The van der Waals surface area contributed by atoms with Crippen molar-refractivity contribution in [3.8, 4) is 0 Å². The first kappa shape index (κ1) is 13.3. The van der Waals surface area contributed by atoms with Gasteiger partial charge in [0, 0.05) is 24.7 Å². The maximum Gasteiger partial charge on any atom is 0.310 e. The van der Waals surface area contributed by atoms with E-state index in [-0.39, 0.29) is 29.4 Å². The first-order valence-corrected chi connectivity index (χ1v) is 5.74. The van der Waals surface area contributed by atoms with Crippen LogP contribution in [0.1, 0.15) is 10.4 Å². The van der Waals surface area contributed by atoms with E-state index in [1.165, 1.54) is 17.0 Å². The second kappa shape index (κ2) is 4.85. The van der Waals surface area contributed by atoms with Crippen LogP contribution in [0.3, 0.4) is 0 Å². The first-order chi connectivity index (χ1) is 8.90. The summed E-state index contributed by atoms with van der Waals surface area (Å²) in [6, 6.07) is 3.76. The van der Waals surface area contributed by atoms with Crippen molar-refractivity contribution in [2.45, 2.75) is 0 Å². The summed E-state index contributed by atoms with van der Waals surface area (Å²) in [5.74, 6) is -1.95. The number of rotatable bonds is 3. The zero-order valence-corrected chi connectivity index (χ0v) is 10.3. The highest BCUT2D eigenvalue weighted by molar-refractivity contribution is 6.32. The number of hydrogen-bond donors (Lipinski definition) is 1. The van der Waals surface area contributed by atoms with Crippen LogP contribution in [0.2, 0.25) is 5.02 Å². The highest BCUT2D eigenvalue weighted by Gasteiger charge is 2.36. The molecule has 7 nitrogen and oxygen atoms in total. The molecule has 0 aliphatic carbocycles. The molecular formula is C11H9ClN2O5. The van der Waals surface area contributed by atoms with Gasteiger partial charge in [0.05, 0.1) is 10.8 Å². The quantitative estimate of drug-likeness (QED) is 0.668. The van der Waals surface area contributed by atoms with Crippen LogP contribution in [-0.4, -0.2) is 39.9 Å². The molecule has 2 rings (SSSR count). The van der Waals surface area contributed by atoms with Gasteiger partial charge >= 0.3 is 5.97 Å². The molecule has 0 unspecified atom stereocenters. The second-order valence-corrected chi connectivity index (χ2v) is 4.58. The fraction of sp³-hybridized carbons (Fsp3) is 0.273. The van der Waals surface area contributed by atoms with Gasteiger partial charge < -0.3 is 10.0 Å². The lowest BCUT2D eigenvalue weighted by Gasteiger charge is -2.36. The van der Waals surface area contributed by atoms with Crippen molar-refractivity contribution in [2.75, 3.05) is 13.1 Å². The monoisotopic (exact) mass is 284 g/mol. The highest BCUT2D eigenvalue weighted by Crippen LogP contribution is 2.27. The zero-order chi connectivity index (χ0) is 14.2. The summed E-state index contributed by atoms with van der Waals surface area (Å²) < 4.78 is 0. The van der Waals surface area contributed by atoms with Gasteiger partial charge in [-0.2, -0.15) is 0 Å². The maximum atomic E-state index is 11.9. The van der Waals surface area contributed by atoms with E-state index in [2.05, 4.69) is 0 Å².